The Balaban J connectivity index is 1.99. The molecule has 2 N–H and O–H groups in total. The van der Waals surface area contributed by atoms with Gasteiger partial charge in [0.15, 0.2) is 11.5 Å². The Hall–Kier alpha value is -4.37. The van der Waals surface area contributed by atoms with Crippen LogP contribution in [0.1, 0.15) is 128 Å². The molecule has 0 saturated carbocycles. The lowest BCUT2D eigenvalue weighted by atomic mass is 9.70. The van der Waals surface area contributed by atoms with Crippen LogP contribution in [0.25, 0.3) is 5.57 Å². The van der Waals surface area contributed by atoms with Gasteiger partial charge in [-0.05, 0) is 85.9 Å². The van der Waals surface area contributed by atoms with Crippen molar-refractivity contribution in [3.63, 3.8) is 0 Å². The Morgan fingerprint density at radius 2 is 1.14 bits per heavy atom. The number of terminal acetylenes is 1. The van der Waals surface area contributed by atoms with Crippen LogP contribution in [0.5, 0.6) is 11.5 Å². The van der Waals surface area contributed by atoms with E-state index in [-0.39, 0.29) is 31.4 Å². The van der Waals surface area contributed by atoms with Crippen LogP contribution in [-0.2, 0) is 40.6 Å². The van der Waals surface area contributed by atoms with E-state index in [0.717, 1.165) is 50.1 Å². The highest BCUT2D eigenvalue weighted by atomic mass is 16.5. The van der Waals surface area contributed by atoms with E-state index < -0.39 is 21.7 Å². The Morgan fingerprint density at radius 3 is 1.51 bits per heavy atom. The van der Waals surface area contributed by atoms with E-state index in [1.54, 1.807) is 12.1 Å². The van der Waals surface area contributed by atoms with Crippen LogP contribution in [-0.4, -0.2) is 16.0 Å². The van der Waals surface area contributed by atoms with Crippen LogP contribution in [0, 0.1) is 23.2 Å². The summed E-state index contributed by atoms with van der Waals surface area (Å²) in [5.41, 5.74) is 7.56. The Kier molecular flexibility index (Phi) is 11.1. The minimum atomic E-state index is -0.398. The van der Waals surface area contributed by atoms with Crippen molar-refractivity contribution in [2.45, 2.75) is 114 Å². The largest absolute Gasteiger partial charge is 0.488 e. The summed E-state index contributed by atoms with van der Waals surface area (Å²) in [6.45, 7) is 24.5. The summed E-state index contributed by atoms with van der Waals surface area (Å²) in [5, 5.41) is 34.0. The number of aliphatic hydroxyl groups excluding tert-OH is 2. The first-order valence-electron chi connectivity index (χ1n) is 17.7. The molecule has 0 saturated heterocycles. The fourth-order valence-electron chi connectivity index (χ4n) is 6.46. The quantitative estimate of drug-likeness (QED) is 0.242. The highest BCUT2D eigenvalue weighted by Crippen LogP contribution is 2.46. The molecule has 0 bridgehead atoms. The van der Waals surface area contributed by atoms with Crippen molar-refractivity contribution < 1.29 is 24.9 Å². The average molecular weight is 688 g/mol. The van der Waals surface area contributed by atoms with Gasteiger partial charge in [0.25, 0.3) is 0 Å². The summed E-state index contributed by atoms with van der Waals surface area (Å²) in [7, 11) is 0. The van der Waals surface area contributed by atoms with E-state index in [1.165, 1.54) is 0 Å². The fraction of sp³-hybridized carbons (Fsp3) is 0.413. The fourth-order valence-corrected chi connectivity index (χ4v) is 6.46. The van der Waals surface area contributed by atoms with Gasteiger partial charge in [-0.15, -0.1) is 6.42 Å². The normalized spacial score (nSPS) is 14.2. The van der Waals surface area contributed by atoms with Crippen molar-refractivity contribution >= 4 is 11.4 Å². The Morgan fingerprint density at radius 1 is 0.686 bits per heavy atom. The van der Waals surface area contributed by atoms with Crippen molar-refractivity contribution in [2.75, 3.05) is 0 Å². The molecular weight excluding hydrogens is 633 g/mol. The molecule has 1 aliphatic carbocycles. The number of hydrogen-bond acceptors (Lipinski definition) is 4. The number of carbonyl (C=O) groups is 1. The van der Waals surface area contributed by atoms with Crippen molar-refractivity contribution in [3.05, 3.63) is 122 Å². The zero-order valence-electron chi connectivity index (χ0n) is 32.6. The number of hydrogen-bond donors (Lipinski definition) is 2. The number of Topliss-reactive ketones (excluding diaryl/α,β-unsaturated/α-hetero) is 1. The van der Waals surface area contributed by atoms with Crippen molar-refractivity contribution in [2.24, 2.45) is 10.8 Å². The monoisotopic (exact) mass is 687 g/mol. The van der Waals surface area contributed by atoms with Crippen LogP contribution in [0.15, 0.2) is 77.4 Å². The minimum Gasteiger partial charge on any atom is -0.488 e. The molecule has 0 aromatic heterocycles. The topological polar surface area (TPSA) is 86.7 Å². The van der Waals surface area contributed by atoms with E-state index in [0.29, 0.717) is 22.4 Å². The molecule has 0 atom stereocenters. The Bertz CT molecular complexity index is 1850. The van der Waals surface area contributed by atoms with E-state index in [1.807, 2.05) is 48.6 Å². The highest BCUT2D eigenvalue weighted by Gasteiger charge is 2.35. The summed E-state index contributed by atoms with van der Waals surface area (Å²) >= 11 is 0. The number of carbonyl (C=O) groups excluding carboxylic acids is 1. The van der Waals surface area contributed by atoms with Gasteiger partial charge in [0.2, 0.25) is 0 Å². The van der Waals surface area contributed by atoms with Gasteiger partial charge in [-0.25, -0.2) is 0 Å². The number of ketones is 1. The van der Waals surface area contributed by atoms with Crippen LogP contribution in [0.4, 0.5) is 0 Å². The molecule has 1 radical (unpaired) electrons. The lowest BCUT2D eigenvalue weighted by molar-refractivity contribution is -0.114. The van der Waals surface area contributed by atoms with Crippen molar-refractivity contribution in [1.82, 2.24) is 0 Å². The summed E-state index contributed by atoms with van der Waals surface area (Å²) < 4.78 is 6.18. The second-order valence-corrected chi connectivity index (χ2v) is 17.7. The first-order chi connectivity index (χ1) is 23.5. The summed E-state index contributed by atoms with van der Waals surface area (Å²) in [6.07, 6.45) is 9.65. The third kappa shape index (κ3) is 8.58. The standard InChI is InChI=1S/C46H55O5/c1-14-28-19-33(25-47)42(34(20-28)26-48)51-27-29-15-17-30(18-16-29)39(31-21-35(43(2,3)4)40(49)36(22-31)44(5,6)7)32-23-37(45(8,9)10)41(50)38(24-32)46(11,12)13/h1,15-24,47-48H,25-27H2,2-13H3. The van der Waals surface area contributed by atoms with Crippen LogP contribution >= 0.6 is 0 Å². The van der Waals surface area contributed by atoms with Crippen molar-refractivity contribution in [3.8, 4) is 23.8 Å². The van der Waals surface area contributed by atoms with E-state index in [4.69, 9.17) is 11.2 Å². The summed E-state index contributed by atoms with van der Waals surface area (Å²) in [6, 6.07) is 15.5. The lowest BCUT2D eigenvalue weighted by Gasteiger charge is -2.32. The number of rotatable bonds is 7. The lowest BCUT2D eigenvalue weighted by Crippen LogP contribution is -2.28. The molecule has 0 fully saturated rings. The van der Waals surface area contributed by atoms with Gasteiger partial charge in [0, 0.05) is 39.0 Å². The molecule has 3 aromatic rings. The van der Waals surface area contributed by atoms with Crippen molar-refractivity contribution in [1.29, 1.82) is 0 Å². The van der Waals surface area contributed by atoms with E-state index in [9.17, 15) is 20.1 Å². The number of benzene rings is 3. The maximum absolute atomic E-state index is 14.0. The van der Waals surface area contributed by atoms with Gasteiger partial charge in [-0.3, -0.25) is 9.90 Å². The smallest absolute Gasteiger partial charge is 0.186 e. The molecule has 5 heteroatoms. The Labute approximate surface area is 305 Å². The molecule has 0 amide bonds. The van der Waals surface area contributed by atoms with Gasteiger partial charge in [0.05, 0.1) is 13.2 Å². The predicted molar refractivity (Wildman–Crippen MR) is 207 cm³/mol. The maximum atomic E-state index is 14.0. The first-order valence-corrected chi connectivity index (χ1v) is 17.7. The van der Waals surface area contributed by atoms with Gasteiger partial charge in [-0.1, -0.05) is 113 Å². The van der Waals surface area contributed by atoms with E-state index in [2.05, 4.69) is 89.0 Å². The predicted octanol–water partition coefficient (Wildman–Crippen LogP) is 10.3. The van der Waals surface area contributed by atoms with Gasteiger partial charge in [-0.2, -0.15) is 0 Å². The summed E-state index contributed by atoms with van der Waals surface area (Å²) in [4.78, 5) is 14.0. The zero-order chi connectivity index (χ0) is 38.3. The molecule has 0 aliphatic heterocycles. The second-order valence-electron chi connectivity index (χ2n) is 17.7. The van der Waals surface area contributed by atoms with Gasteiger partial charge in [0.1, 0.15) is 12.4 Å². The van der Waals surface area contributed by atoms with Gasteiger partial charge >= 0.3 is 0 Å². The number of allylic oxidation sites excluding steroid dienone is 5. The minimum absolute atomic E-state index is 0.0611. The number of aliphatic hydroxyl groups is 2. The molecular formula is C46H55O5. The van der Waals surface area contributed by atoms with Crippen LogP contribution < -0.4 is 4.74 Å². The molecule has 0 heterocycles. The molecule has 269 valence electrons. The van der Waals surface area contributed by atoms with Crippen LogP contribution in [0.2, 0.25) is 0 Å². The molecule has 0 unspecified atom stereocenters. The molecule has 5 nitrogen and oxygen atoms in total. The molecule has 1 aliphatic rings. The molecule has 3 aromatic carbocycles. The number of ether oxygens (including phenoxy) is 1. The third-order valence-corrected chi connectivity index (χ3v) is 9.36. The molecule has 4 rings (SSSR count). The first kappa shape index (κ1) is 39.4. The van der Waals surface area contributed by atoms with E-state index >= 15 is 0 Å². The van der Waals surface area contributed by atoms with Gasteiger partial charge < -0.3 is 14.9 Å². The van der Waals surface area contributed by atoms with Crippen LogP contribution in [0.3, 0.4) is 0 Å². The molecule has 51 heavy (non-hydrogen) atoms. The SMILES string of the molecule is C#Cc1cc(CO)c(OCc2ccc(C(=C3C=C(C(C)(C)C)C(=O)C(C(C)(C)C)=C3)c3cc(C(C)(C)C)c([O])c(C(C)(C)C)c3)cc2)c(CO)c1. The zero-order valence-corrected chi connectivity index (χ0v) is 32.6. The summed E-state index contributed by atoms with van der Waals surface area (Å²) in [5.74, 6) is 3.10. The second kappa shape index (κ2) is 14.3. The molecule has 0 spiro atoms. The third-order valence-electron chi connectivity index (χ3n) is 9.36. The average Bonchev–Trinajstić information content (AvgIpc) is 3.03. The highest BCUT2D eigenvalue weighted by molar-refractivity contribution is 6.12. The maximum Gasteiger partial charge on any atom is 0.186 e.